The molecule has 1 fully saturated rings. The highest BCUT2D eigenvalue weighted by Crippen LogP contribution is 2.29. The van der Waals surface area contributed by atoms with Gasteiger partial charge in [0, 0.05) is 22.8 Å². The lowest BCUT2D eigenvalue weighted by atomic mass is 9.97. The molecule has 2 amide bonds. The molecule has 1 aliphatic rings. The number of aliphatic carboxylic acids is 1. The van der Waals surface area contributed by atoms with Crippen molar-refractivity contribution >= 4 is 23.3 Å². The average molecular weight is 374 g/mol. The van der Waals surface area contributed by atoms with Crippen LogP contribution in [-0.2, 0) is 11.3 Å². The highest BCUT2D eigenvalue weighted by Gasteiger charge is 2.26. The van der Waals surface area contributed by atoms with Gasteiger partial charge < -0.3 is 20.1 Å². The molecule has 1 saturated heterocycles. The molecule has 0 bridgehead atoms. The monoisotopic (exact) mass is 374 g/mol. The molecule has 3 rings (SSSR count). The first-order chi connectivity index (χ1) is 12.6. The molecule has 6 nitrogen and oxygen atoms in total. The summed E-state index contributed by atoms with van der Waals surface area (Å²) in [4.78, 5) is 27.1. The number of rotatable bonds is 5. The number of carboxylic acid groups (broad SMARTS) is 1. The number of carbonyl (C=O) groups excluding carboxylic acids is 1. The van der Waals surface area contributed by atoms with Crippen molar-refractivity contribution in [1.29, 1.82) is 0 Å². The minimum absolute atomic E-state index is 0.131. The number of amides is 2. The number of carbonyl (C=O) groups is 2. The SMILES string of the molecule is COc1ccc(-c2ccc(CNC(=O)N3CCC(C(=O)O)CC3)s2)cc1. The van der Waals surface area contributed by atoms with Gasteiger partial charge in [-0.25, -0.2) is 4.79 Å². The van der Waals surface area contributed by atoms with Crippen molar-refractivity contribution in [2.24, 2.45) is 5.92 Å². The largest absolute Gasteiger partial charge is 0.497 e. The minimum Gasteiger partial charge on any atom is -0.497 e. The summed E-state index contributed by atoms with van der Waals surface area (Å²) in [7, 11) is 1.64. The van der Waals surface area contributed by atoms with Crippen molar-refractivity contribution < 1.29 is 19.4 Å². The molecule has 0 atom stereocenters. The average Bonchev–Trinajstić information content (AvgIpc) is 3.15. The van der Waals surface area contributed by atoms with Crippen molar-refractivity contribution in [2.75, 3.05) is 20.2 Å². The first-order valence-electron chi connectivity index (χ1n) is 8.55. The topological polar surface area (TPSA) is 78.9 Å². The quantitative estimate of drug-likeness (QED) is 0.840. The predicted octanol–water partition coefficient (Wildman–Crippen LogP) is 3.43. The van der Waals surface area contributed by atoms with Gasteiger partial charge in [-0.3, -0.25) is 4.79 Å². The molecule has 1 aromatic heterocycles. The molecular weight excluding hydrogens is 352 g/mol. The van der Waals surface area contributed by atoms with Crippen molar-refractivity contribution in [3.8, 4) is 16.2 Å². The Bertz CT molecular complexity index is 764. The van der Waals surface area contributed by atoms with Crippen LogP contribution < -0.4 is 10.1 Å². The number of likely N-dealkylation sites (tertiary alicyclic amines) is 1. The van der Waals surface area contributed by atoms with Crippen LogP contribution in [0.2, 0.25) is 0 Å². The molecule has 0 saturated carbocycles. The standard InChI is InChI=1S/C19H22N2O4S/c1-25-15-4-2-13(3-5-15)17-7-6-16(26-17)12-20-19(24)21-10-8-14(9-11-21)18(22)23/h2-7,14H,8-12H2,1H3,(H,20,24)(H,22,23). The highest BCUT2D eigenvalue weighted by molar-refractivity contribution is 7.15. The number of hydrogen-bond acceptors (Lipinski definition) is 4. The van der Waals surface area contributed by atoms with Crippen LogP contribution in [0, 0.1) is 5.92 Å². The second-order valence-electron chi connectivity index (χ2n) is 6.25. The molecular formula is C19H22N2O4S. The summed E-state index contributed by atoms with van der Waals surface area (Å²) in [6.45, 7) is 1.45. The van der Waals surface area contributed by atoms with Crippen molar-refractivity contribution in [3.05, 3.63) is 41.3 Å². The van der Waals surface area contributed by atoms with Gasteiger partial charge in [0.25, 0.3) is 0 Å². The van der Waals surface area contributed by atoms with Crippen LogP contribution in [0.5, 0.6) is 5.75 Å². The normalized spacial score (nSPS) is 14.9. The van der Waals surface area contributed by atoms with Crippen LogP contribution in [-0.4, -0.2) is 42.2 Å². The third-order valence-electron chi connectivity index (χ3n) is 4.58. The Kier molecular flexibility index (Phi) is 5.78. The molecule has 2 heterocycles. The van der Waals surface area contributed by atoms with E-state index >= 15 is 0 Å². The number of nitrogens with zero attached hydrogens (tertiary/aromatic N) is 1. The molecule has 26 heavy (non-hydrogen) atoms. The van der Waals surface area contributed by atoms with E-state index in [4.69, 9.17) is 9.84 Å². The minimum atomic E-state index is -0.769. The molecule has 0 unspecified atom stereocenters. The number of methoxy groups -OCH3 is 1. The molecule has 0 radical (unpaired) electrons. The fraction of sp³-hybridized carbons (Fsp3) is 0.368. The Morgan fingerprint density at radius 3 is 2.50 bits per heavy atom. The summed E-state index contributed by atoms with van der Waals surface area (Å²) in [5.41, 5.74) is 1.11. The lowest BCUT2D eigenvalue weighted by Crippen LogP contribution is -2.45. The zero-order valence-corrected chi connectivity index (χ0v) is 15.4. The number of urea groups is 1. The van der Waals surface area contributed by atoms with Gasteiger partial charge >= 0.3 is 12.0 Å². The summed E-state index contributed by atoms with van der Waals surface area (Å²) in [5, 5.41) is 11.9. The Morgan fingerprint density at radius 2 is 1.88 bits per heavy atom. The second kappa shape index (κ2) is 8.23. The van der Waals surface area contributed by atoms with Gasteiger partial charge in [0.15, 0.2) is 0 Å². The summed E-state index contributed by atoms with van der Waals surface area (Å²) in [6, 6.07) is 11.8. The third kappa shape index (κ3) is 4.35. The van der Waals surface area contributed by atoms with E-state index in [1.54, 1.807) is 23.3 Å². The van der Waals surface area contributed by atoms with Crippen molar-refractivity contribution in [3.63, 3.8) is 0 Å². The van der Waals surface area contributed by atoms with E-state index < -0.39 is 5.97 Å². The van der Waals surface area contributed by atoms with Crippen LogP contribution >= 0.6 is 11.3 Å². The Labute approximate surface area is 156 Å². The summed E-state index contributed by atoms with van der Waals surface area (Å²) in [6.07, 6.45) is 1.03. The number of piperidine rings is 1. The van der Waals surface area contributed by atoms with Gasteiger partial charge in [0.05, 0.1) is 19.6 Å². The van der Waals surface area contributed by atoms with Gasteiger partial charge in [-0.1, -0.05) is 0 Å². The van der Waals surface area contributed by atoms with Gasteiger partial charge in [0.1, 0.15) is 5.75 Å². The van der Waals surface area contributed by atoms with Crippen LogP contribution in [0.1, 0.15) is 17.7 Å². The maximum absolute atomic E-state index is 12.3. The van der Waals surface area contributed by atoms with E-state index in [2.05, 4.69) is 5.32 Å². The van der Waals surface area contributed by atoms with E-state index in [9.17, 15) is 9.59 Å². The lowest BCUT2D eigenvalue weighted by Gasteiger charge is -2.30. The maximum Gasteiger partial charge on any atom is 0.317 e. The van der Waals surface area contributed by atoms with E-state index in [0.29, 0.717) is 32.5 Å². The zero-order valence-electron chi connectivity index (χ0n) is 14.6. The fourth-order valence-electron chi connectivity index (χ4n) is 2.99. The Hall–Kier alpha value is -2.54. The van der Waals surface area contributed by atoms with Gasteiger partial charge in [-0.05, 0) is 54.8 Å². The third-order valence-corrected chi connectivity index (χ3v) is 5.72. The number of hydrogen-bond donors (Lipinski definition) is 2. The van der Waals surface area contributed by atoms with Gasteiger partial charge in [-0.15, -0.1) is 11.3 Å². The van der Waals surface area contributed by atoms with Gasteiger partial charge in [0.2, 0.25) is 0 Å². The molecule has 1 aromatic carbocycles. The molecule has 138 valence electrons. The van der Waals surface area contributed by atoms with E-state index in [1.807, 2.05) is 36.4 Å². The number of ether oxygens (including phenoxy) is 1. The van der Waals surface area contributed by atoms with E-state index in [1.165, 1.54) is 0 Å². The molecule has 1 aliphatic heterocycles. The second-order valence-corrected chi connectivity index (χ2v) is 7.42. The smallest absolute Gasteiger partial charge is 0.317 e. The molecule has 7 heteroatoms. The van der Waals surface area contributed by atoms with Crippen LogP contribution in [0.4, 0.5) is 4.79 Å². The van der Waals surface area contributed by atoms with E-state index in [-0.39, 0.29) is 11.9 Å². The first-order valence-corrected chi connectivity index (χ1v) is 9.37. The fourth-order valence-corrected chi connectivity index (χ4v) is 3.94. The number of benzene rings is 1. The summed E-state index contributed by atoms with van der Waals surface area (Å²) < 4.78 is 5.17. The van der Waals surface area contributed by atoms with Crippen LogP contribution in [0.15, 0.2) is 36.4 Å². The maximum atomic E-state index is 12.3. The number of thiophene rings is 1. The Balaban J connectivity index is 1.51. The first kappa shape index (κ1) is 18.3. The van der Waals surface area contributed by atoms with Gasteiger partial charge in [-0.2, -0.15) is 0 Å². The summed E-state index contributed by atoms with van der Waals surface area (Å²) in [5.74, 6) is -0.275. The zero-order chi connectivity index (χ0) is 18.5. The summed E-state index contributed by atoms with van der Waals surface area (Å²) >= 11 is 1.64. The van der Waals surface area contributed by atoms with Crippen molar-refractivity contribution in [1.82, 2.24) is 10.2 Å². The molecule has 0 spiro atoms. The van der Waals surface area contributed by atoms with Crippen LogP contribution in [0.3, 0.4) is 0 Å². The number of carboxylic acids is 1. The van der Waals surface area contributed by atoms with E-state index in [0.717, 1.165) is 21.1 Å². The Morgan fingerprint density at radius 1 is 1.19 bits per heavy atom. The molecule has 0 aliphatic carbocycles. The van der Waals surface area contributed by atoms with Crippen LogP contribution in [0.25, 0.3) is 10.4 Å². The number of nitrogens with one attached hydrogen (secondary N) is 1. The predicted molar refractivity (Wildman–Crippen MR) is 100 cm³/mol. The molecule has 2 aromatic rings. The lowest BCUT2D eigenvalue weighted by molar-refractivity contribution is -0.143. The molecule has 2 N–H and O–H groups in total. The van der Waals surface area contributed by atoms with Crippen molar-refractivity contribution in [2.45, 2.75) is 19.4 Å². The highest BCUT2D eigenvalue weighted by atomic mass is 32.1.